The van der Waals surface area contributed by atoms with Gasteiger partial charge in [-0.25, -0.2) is 14.4 Å². The van der Waals surface area contributed by atoms with Crippen LogP contribution in [0.1, 0.15) is 29.1 Å². The van der Waals surface area contributed by atoms with E-state index in [9.17, 15) is 9.59 Å². The molecule has 4 aromatic rings. The number of carbonyl (C=O) groups excluding carboxylic acids is 2. The van der Waals surface area contributed by atoms with Gasteiger partial charge in [0, 0.05) is 42.7 Å². The Balaban J connectivity index is 1.65. The second-order valence-electron chi connectivity index (χ2n) is 7.75. The van der Waals surface area contributed by atoms with Gasteiger partial charge in [-0.1, -0.05) is 6.07 Å². The number of rotatable bonds is 5. The average molecular weight is 433 g/mol. The summed E-state index contributed by atoms with van der Waals surface area (Å²) in [7, 11) is 1.52. The van der Waals surface area contributed by atoms with Crippen LogP contribution in [0.5, 0.6) is 0 Å². The van der Waals surface area contributed by atoms with Crippen LogP contribution in [-0.4, -0.2) is 33.8 Å². The smallest absolute Gasteiger partial charge is 0.253 e. The molecular formula is C23H20FN5O3. The van der Waals surface area contributed by atoms with E-state index in [-0.39, 0.29) is 28.9 Å². The highest BCUT2D eigenvalue weighted by Crippen LogP contribution is 2.36. The van der Waals surface area contributed by atoms with Crippen LogP contribution in [0.3, 0.4) is 0 Å². The Kier molecular flexibility index (Phi) is 4.73. The number of aromatic amines is 1. The molecule has 8 nitrogen and oxygen atoms in total. The van der Waals surface area contributed by atoms with E-state index in [2.05, 4.69) is 25.6 Å². The van der Waals surface area contributed by atoms with Crippen LogP contribution in [0.4, 0.5) is 10.2 Å². The highest BCUT2D eigenvalue weighted by Gasteiger charge is 2.30. The summed E-state index contributed by atoms with van der Waals surface area (Å²) >= 11 is 0. The van der Waals surface area contributed by atoms with E-state index >= 15 is 4.39 Å². The number of H-pyrrole nitrogens is 1. The minimum Gasteiger partial charge on any atom is -0.441 e. The van der Waals surface area contributed by atoms with Gasteiger partial charge < -0.3 is 20.0 Å². The molecule has 0 spiro atoms. The Morgan fingerprint density at radius 1 is 1.19 bits per heavy atom. The van der Waals surface area contributed by atoms with Crippen LogP contribution in [-0.2, 0) is 4.79 Å². The van der Waals surface area contributed by atoms with Gasteiger partial charge in [0.15, 0.2) is 17.5 Å². The third-order valence-corrected chi connectivity index (χ3v) is 5.50. The van der Waals surface area contributed by atoms with E-state index < -0.39 is 5.82 Å². The first kappa shape index (κ1) is 19.9. The van der Waals surface area contributed by atoms with Gasteiger partial charge in [0.05, 0.1) is 22.8 Å². The molecular weight excluding hydrogens is 413 g/mol. The first-order valence-electron chi connectivity index (χ1n) is 10.2. The van der Waals surface area contributed by atoms with Gasteiger partial charge in [-0.2, -0.15) is 0 Å². The summed E-state index contributed by atoms with van der Waals surface area (Å²) in [5, 5.41) is 5.93. The lowest BCUT2D eigenvalue weighted by Gasteiger charge is -2.07. The molecule has 5 rings (SSSR count). The maximum Gasteiger partial charge on any atom is 0.253 e. The Hall–Kier alpha value is -4.01. The number of aryl methyl sites for hydroxylation is 1. The fourth-order valence-electron chi connectivity index (χ4n) is 3.65. The molecule has 0 unspecified atom stereocenters. The number of fused-ring (bicyclic) bond motifs is 1. The Morgan fingerprint density at radius 2 is 1.97 bits per heavy atom. The molecule has 162 valence electrons. The van der Waals surface area contributed by atoms with Gasteiger partial charge in [-0.3, -0.25) is 9.59 Å². The van der Waals surface area contributed by atoms with E-state index in [1.165, 1.54) is 19.4 Å². The van der Waals surface area contributed by atoms with Crippen molar-refractivity contribution in [3.63, 3.8) is 0 Å². The van der Waals surface area contributed by atoms with Crippen LogP contribution in [0.2, 0.25) is 0 Å². The lowest BCUT2D eigenvalue weighted by atomic mass is 10.0. The standard InChI is InChI=1S/C23H20FN5O3/c1-11-26-10-18(32-11)14-5-3-4-13(19(14)24)17-8-15-16(23(31)25-2)9-27-21(20(15)28-17)29-22(30)12-6-7-12/h3-5,8-10,12,28H,6-7H2,1-2H3,(H,25,31)(H,27,29,30). The molecule has 1 aliphatic carbocycles. The van der Waals surface area contributed by atoms with Gasteiger partial charge in [-0.15, -0.1) is 0 Å². The van der Waals surface area contributed by atoms with Gasteiger partial charge in [0.2, 0.25) is 5.91 Å². The number of carbonyl (C=O) groups is 2. The lowest BCUT2D eigenvalue weighted by Crippen LogP contribution is -2.19. The van der Waals surface area contributed by atoms with Crippen molar-refractivity contribution in [1.82, 2.24) is 20.3 Å². The molecule has 1 fully saturated rings. The summed E-state index contributed by atoms with van der Waals surface area (Å²) < 4.78 is 20.9. The number of oxazole rings is 1. The Morgan fingerprint density at radius 3 is 2.66 bits per heavy atom. The minimum absolute atomic E-state index is 0.0145. The molecule has 1 aliphatic rings. The maximum atomic E-state index is 15.5. The molecule has 32 heavy (non-hydrogen) atoms. The van der Waals surface area contributed by atoms with Crippen LogP contribution in [0, 0.1) is 18.7 Å². The van der Waals surface area contributed by atoms with E-state index in [4.69, 9.17) is 4.42 Å². The Labute approximate surface area is 182 Å². The number of hydrogen-bond donors (Lipinski definition) is 3. The number of hydrogen-bond acceptors (Lipinski definition) is 5. The minimum atomic E-state index is -0.492. The first-order chi connectivity index (χ1) is 15.5. The second kappa shape index (κ2) is 7.60. The van der Waals surface area contributed by atoms with Crippen molar-refractivity contribution in [2.24, 2.45) is 5.92 Å². The number of nitrogens with one attached hydrogen (secondary N) is 3. The van der Waals surface area contributed by atoms with Gasteiger partial charge >= 0.3 is 0 Å². The second-order valence-corrected chi connectivity index (χ2v) is 7.75. The topological polar surface area (TPSA) is 113 Å². The van der Waals surface area contributed by atoms with Crippen molar-refractivity contribution in [2.45, 2.75) is 19.8 Å². The van der Waals surface area contributed by atoms with Gasteiger partial charge in [0.1, 0.15) is 5.82 Å². The van der Waals surface area contributed by atoms with Crippen molar-refractivity contribution < 1.29 is 18.4 Å². The number of pyridine rings is 1. The molecule has 0 saturated heterocycles. The SMILES string of the molecule is CNC(=O)c1cnc(NC(=O)C2CC2)c2[nH]c(-c3cccc(-c4cnc(C)o4)c3F)cc12. The zero-order valence-corrected chi connectivity index (χ0v) is 17.5. The van der Waals surface area contributed by atoms with Gasteiger partial charge in [-0.05, 0) is 31.0 Å². The van der Waals surface area contributed by atoms with Crippen molar-refractivity contribution in [3.05, 3.63) is 53.9 Å². The van der Waals surface area contributed by atoms with Crippen molar-refractivity contribution in [1.29, 1.82) is 0 Å². The third-order valence-electron chi connectivity index (χ3n) is 5.50. The molecule has 0 aliphatic heterocycles. The zero-order valence-electron chi connectivity index (χ0n) is 17.5. The zero-order chi connectivity index (χ0) is 22.4. The Bertz CT molecular complexity index is 1370. The number of nitrogens with zero attached hydrogens (tertiary/aromatic N) is 2. The highest BCUT2D eigenvalue weighted by atomic mass is 19.1. The van der Waals surface area contributed by atoms with E-state index in [1.807, 2.05) is 0 Å². The van der Waals surface area contributed by atoms with E-state index in [1.54, 1.807) is 31.2 Å². The molecule has 3 aromatic heterocycles. The molecule has 2 amide bonds. The number of amides is 2. The summed E-state index contributed by atoms with van der Waals surface area (Å²) in [6, 6.07) is 6.63. The van der Waals surface area contributed by atoms with Crippen LogP contribution in [0.15, 0.2) is 41.1 Å². The van der Waals surface area contributed by atoms with Gasteiger partial charge in [0.25, 0.3) is 5.91 Å². The van der Waals surface area contributed by atoms with Crippen molar-refractivity contribution in [2.75, 3.05) is 12.4 Å². The number of aromatic nitrogens is 3. The summed E-state index contributed by atoms with van der Waals surface area (Å²) in [6.45, 7) is 1.69. The van der Waals surface area contributed by atoms with Crippen LogP contribution in [0.25, 0.3) is 33.5 Å². The largest absolute Gasteiger partial charge is 0.441 e. The maximum absolute atomic E-state index is 15.5. The van der Waals surface area contributed by atoms with Crippen LogP contribution < -0.4 is 10.6 Å². The summed E-state index contributed by atoms with van der Waals surface area (Å²) in [6.07, 6.45) is 4.58. The molecule has 9 heteroatoms. The van der Waals surface area contributed by atoms with E-state index in [0.29, 0.717) is 39.6 Å². The monoisotopic (exact) mass is 433 g/mol. The number of benzene rings is 1. The average Bonchev–Trinajstić information content (AvgIpc) is 3.41. The number of halogens is 1. The molecule has 0 radical (unpaired) electrons. The van der Waals surface area contributed by atoms with Crippen LogP contribution >= 0.6 is 0 Å². The third kappa shape index (κ3) is 3.41. The summed E-state index contributed by atoms with van der Waals surface area (Å²) in [4.78, 5) is 36.2. The fourth-order valence-corrected chi connectivity index (χ4v) is 3.65. The number of anilines is 1. The molecule has 0 atom stereocenters. The molecule has 0 bridgehead atoms. The summed E-state index contributed by atoms with van der Waals surface area (Å²) in [5.74, 6) is 0.109. The quantitative estimate of drug-likeness (QED) is 0.440. The predicted molar refractivity (Wildman–Crippen MR) is 116 cm³/mol. The van der Waals surface area contributed by atoms with Crippen molar-refractivity contribution in [3.8, 4) is 22.6 Å². The molecule has 1 aromatic carbocycles. The fraction of sp³-hybridized carbons (Fsp3) is 0.217. The van der Waals surface area contributed by atoms with Crippen molar-refractivity contribution >= 4 is 28.5 Å². The molecule has 3 N–H and O–H groups in total. The normalized spacial score (nSPS) is 13.3. The lowest BCUT2D eigenvalue weighted by molar-refractivity contribution is -0.117. The molecule has 1 saturated carbocycles. The molecule has 3 heterocycles. The summed E-state index contributed by atoms with van der Waals surface area (Å²) in [5.41, 5.74) is 1.77. The predicted octanol–water partition coefficient (Wildman–Crippen LogP) is 4.04. The first-order valence-corrected chi connectivity index (χ1v) is 10.2. The highest BCUT2D eigenvalue weighted by molar-refractivity contribution is 6.11. The van der Waals surface area contributed by atoms with E-state index in [0.717, 1.165) is 12.8 Å².